The van der Waals surface area contributed by atoms with Gasteiger partial charge in [-0.15, -0.1) is 0 Å². The first-order valence-corrected chi connectivity index (χ1v) is 8.63. The second kappa shape index (κ2) is 7.18. The average molecular weight is 358 g/mol. The van der Waals surface area contributed by atoms with Crippen LogP contribution in [0, 0.1) is 0 Å². The Bertz CT molecular complexity index is 737. The lowest BCUT2D eigenvalue weighted by Crippen LogP contribution is -2.46. The van der Waals surface area contributed by atoms with E-state index in [4.69, 9.17) is 14.6 Å². The monoisotopic (exact) mass is 358 g/mol. The van der Waals surface area contributed by atoms with E-state index in [0.717, 1.165) is 6.07 Å². The SMILES string of the molecule is COc1ccc(S(N)(=O)=O)cc1C(=O)O[C@H](C)C(=O)NC(C)(C)C. The Morgan fingerprint density at radius 3 is 2.29 bits per heavy atom. The van der Waals surface area contributed by atoms with Gasteiger partial charge in [-0.2, -0.15) is 0 Å². The number of nitrogens with one attached hydrogen (secondary N) is 1. The number of sulfonamides is 1. The van der Waals surface area contributed by atoms with Crippen molar-refractivity contribution in [2.75, 3.05) is 7.11 Å². The highest BCUT2D eigenvalue weighted by Gasteiger charge is 2.25. The quantitative estimate of drug-likeness (QED) is 0.750. The highest BCUT2D eigenvalue weighted by atomic mass is 32.2. The number of rotatable bonds is 5. The summed E-state index contributed by atoms with van der Waals surface area (Å²) in [5.74, 6) is -1.26. The third-order valence-electron chi connectivity index (χ3n) is 2.87. The summed E-state index contributed by atoms with van der Waals surface area (Å²) in [4.78, 5) is 24.0. The number of carbonyl (C=O) groups is 2. The van der Waals surface area contributed by atoms with E-state index in [1.54, 1.807) is 20.8 Å². The zero-order chi connectivity index (χ0) is 18.7. The maximum atomic E-state index is 12.3. The number of ether oxygens (including phenoxy) is 2. The molecule has 134 valence electrons. The van der Waals surface area contributed by atoms with Gasteiger partial charge in [-0.25, -0.2) is 18.4 Å². The second-order valence-corrected chi connectivity index (χ2v) is 7.76. The lowest BCUT2D eigenvalue weighted by atomic mass is 10.1. The van der Waals surface area contributed by atoms with E-state index in [1.807, 2.05) is 0 Å². The fourth-order valence-electron chi connectivity index (χ4n) is 1.77. The molecule has 1 amide bonds. The lowest BCUT2D eigenvalue weighted by Gasteiger charge is -2.23. The van der Waals surface area contributed by atoms with Gasteiger partial charge in [0.2, 0.25) is 10.0 Å². The standard InChI is InChI=1S/C15H22N2O6S/c1-9(13(18)17-15(2,3)4)23-14(19)11-8-10(24(16,20)21)6-7-12(11)22-5/h6-9H,1-5H3,(H,17,18)(H2,16,20,21)/t9-/m1/s1. The van der Waals surface area contributed by atoms with Gasteiger partial charge in [0.05, 0.1) is 12.0 Å². The molecule has 0 spiro atoms. The van der Waals surface area contributed by atoms with Crippen molar-refractivity contribution in [2.24, 2.45) is 5.14 Å². The summed E-state index contributed by atoms with van der Waals surface area (Å²) in [6.45, 7) is 6.78. The number of carbonyl (C=O) groups excluding carboxylic acids is 2. The van der Waals surface area contributed by atoms with Crippen LogP contribution in [0.25, 0.3) is 0 Å². The molecule has 0 bridgehead atoms. The molecule has 1 rings (SSSR count). The van der Waals surface area contributed by atoms with Crippen LogP contribution in [0.1, 0.15) is 38.1 Å². The molecule has 9 heteroatoms. The van der Waals surface area contributed by atoms with Crippen molar-refractivity contribution in [1.82, 2.24) is 5.32 Å². The third-order valence-corrected chi connectivity index (χ3v) is 3.78. The van der Waals surface area contributed by atoms with Gasteiger partial charge in [0.1, 0.15) is 11.3 Å². The summed E-state index contributed by atoms with van der Waals surface area (Å²) in [7, 11) is -2.68. The topological polar surface area (TPSA) is 125 Å². The van der Waals surface area contributed by atoms with Gasteiger partial charge in [-0.3, -0.25) is 4.79 Å². The molecule has 24 heavy (non-hydrogen) atoms. The van der Waals surface area contributed by atoms with Crippen molar-refractivity contribution in [3.63, 3.8) is 0 Å². The second-order valence-electron chi connectivity index (χ2n) is 6.19. The van der Waals surface area contributed by atoms with Crippen molar-refractivity contribution < 1.29 is 27.5 Å². The molecule has 0 fully saturated rings. The number of esters is 1. The Morgan fingerprint density at radius 2 is 1.83 bits per heavy atom. The highest BCUT2D eigenvalue weighted by Crippen LogP contribution is 2.23. The molecule has 0 heterocycles. The van der Waals surface area contributed by atoms with Crippen LogP contribution in [-0.2, 0) is 19.6 Å². The minimum Gasteiger partial charge on any atom is -0.496 e. The zero-order valence-electron chi connectivity index (χ0n) is 14.2. The van der Waals surface area contributed by atoms with Gasteiger partial charge in [-0.05, 0) is 45.9 Å². The van der Waals surface area contributed by atoms with Gasteiger partial charge in [0.15, 0.2) is 6.10 Å². The van der Waals surface area contributed by atoms with E-state index in [2.05, 4.69) is 5.32 Å². The maximum Gasteiger partial charge on any atom is 0.342 e. The Hall–Kier alpha value is -2.13. The van der Waals surface area contributed by atoms with Crippen molar-refractivity contribution >= 4 is 21.9 Å². The Morgan fingerprint density at radius 1 is 1.25 bits per heavy atom. The number of amides is 1. The van der Waals surface area contributed by atoms with E-state index in [1.165, 1.54) is 26.2 Å². The molecule has 1 atom stereocenters. The molecule has 1 aromatic rings. The molecule has 0 aromatic heterocycles. The molecule has 0 radical (unpaired) electrons. The van der Waals surface area contributed by atoms with Crippen LogP contribution in [0.3, 0.4) is 0 Å². The average Bonchev–Trinajstić information content (AvgIpc) is 2.43. The summed E-state index contributed by atoms with van der Waals surface area (Å²) in [5, 5.41) is 7.73. The molecule has 0 saturated carbocycles. The number of methoxy groups -OCH3 is 1. The Labute approximate surface area is 141 Å². The first kappa shape index (κ1) is 19.9. The fraction of sp³-hybridized carbons (Fsp3) is 0.467. The van der Waals surface area contributed by atoms with Crippen molar-refractivity contribution in [3.8, 4) is 5.75 Å². The Kier molecular flexibility index (Phi) is 5.96. The number of benzene rings is 1. The number of hydrogen-bond acceptors (Lipinski definition) is 6. The zero-order valence-corrected chi connectivity index (χ0v) is 15.1. The summed E-state index contributed by atoms with van der Waals surface area (Å²) < 4.78 is 32.9. The van der Waals surface area contributed by atoms with Crippen LogP contribution in [0.4, 0.5) is 0 Å². The summed E-state index contributed by atoms with van der Waals surface area (Å²) in [6, 6.07) is 3.54. The van der Waals surface area contributed by atoms with Crippen molar-refractivity contribution in [1.29, 1.82) is 0 Å². The first-order chi connectivity index (χ1) is 10.8. The van der Waals surface area contributed by atoms with Gasteiger partial charge in [-0.1, -0.05) is 0 Å². The van der Waals surface area contributed by atoms with Crippen LogP contribution in [0.15, 0.2) is 23.1 Å². The molecule has 0 unspecified atom stereocenters. The van der Waals surface area contributed by atoms with E-state index in [-0.39, 0.29) is 16.2 Å². The summed E-state index contributed by atoms with van der Waals surface area (Å²) in [6.07, 6.45) is -1.07. The minimum absolute atomic E-state index is 0.107. The maximum absolute atomic E-state index is 12.3. The molecular formula is C15H22N2O6S. The third kappa shape index (κ3) is 5.50. The van der Waals surface area contributed by atoms with Crippen molar-refractivity contribution in [2.45, 2.75) is 44.2 Å². The number of hydrogen-bond donors (Lipinski definition) is 2. The van der Waals surface area contributed by atoms with Gasteiger partial charge >= 0.3 is 5.97 Å². The molecule has 0 saturated heterocycles. The predicted octanol–water partition coefficient (Wildman–Crippen LogP) is 0.803. The van der Waals surface area contributed by atoms with Crippen LogP contribution in [-0.4, -0.2) is 39.0 Å². The molecule has 1 aromatic carbocycles. The molecule has 0 aliphatic heterocycles. The predicted molar refractivity (Wildman–Crippen MR) is 87.1 cm³/mol. The number of nitrogens with two attached hydrogens (primary N) is 1. The summed E-state index contributed by atoms with van der Waals surface area (Å²) >= 11 is 0. The van der Waals surface area contributed by atoms with Gasteiger partial charge in [0.25, 0.3) is 5.91 Å². The largest absolute Gasteiger partial charge is 0.496 e. The normalized spacial score (nSPS) is 13.1. The lowest BCUT2D eigenvalue weighted by molar-refractivity contribution is -0.130. The number of primary sulfonamides is 1. The molecule has 8 nitrogen and oxygen atoms in total. The molecule has 0 aliphatic carbocycles. The van der Waals surface area contributed by atoms with Gasteiger partial charge < -0.3 is 14.8 Å². The highest BCUT2D eigenvalue weighted by molar-refractivity contribution is 7.89. The Balaban J connectivity index is 3.04. The van der Waals surface area contributed by atoms with Gasteiger partial charge in [0, 0.05) is 5.54 Å². The molecule has 0 aliphatic rings. The minimum atomic E-state index is -4.00. The van der Waals surface area contributed by atoms with E-state index >= 15 is 0 Å². The van der Waals surface area contributed by atoms with E-state index in [9.17, 15) is 18.0 Å². The molecular weight excluding hydrogens is 336 g/mol. The smallest absolute Gasteiger partial charge is 0.342 e. The van der Waals surface area contributed by atoms with Crippen LogP contribution in [0.2, 0.25) is 0 Å². The van der Waals surface area contributed by atoms with Crippen LogP contribution < -0.4 is 15.2 Å². The van der Waals surface area contributed by atoms with Crippen LogP contribution in [0.5, 0.6) is 5.75 Å². The van der Waals surface area contributed by atoms with Crippen molar-refractivity contribution in [3.05, 3.63) is 23.8 Å². The molecule has 3 N–H and O–H groups in total. The van der Waals surface area contributed by atoms with E-state index in [0.29, 0.717) is 0 Å². The van der Waals surface area contributed by atoms with Crippen LogP contribution >= 0.6 is 0 Å². The fourth-order valence-corrected chi connectivity index (χ4v) is 2.31. The first-order valence-electron chi connectivity index (χ1n) is 7.09. The van der Waals surface area contributed by atoms with E-state index < -0.39 is 33.5 Å². The summed E-state index contributed by atoms with van der Waals surface area (Å²) in [5.41, 5.74) is -0.623.